The highest BCUT2D eigenvalue weighted by molar-refractivity contribution is 5.75. The van der Waals surface area contributed by atoms with Crippen molar-refractivity contribution < 1.29 is 9.53 Å². The first-order valence-corrected chi connectivity index (χ1v) is 7.86. The van der Waals surface area contributed by atoms with Crippen molar-refractivity contribution in [2.45, 2.75) is 51.9 Å². The number of methoxy groups -OCH3 is 1. The van der Waals surface area contributed by atoms with E-state index in [-0.39, 0.29) is 11.9 Å². The fourth-order valence-corrected chi connectivity index (χ4v) is 3.10. The standard InChI is InChI=1S/C18H26O2/c1-4-6-13-7-9-15(10-8-13)14(5-2)11-16-12-17(16)18(19)20-3/h7-10,14,16-17H,4-6,11-12H2,1-3H3. The number of ether oxygens (including phenoxy) is 1. The van der Waals surface area contributed by atoms with Gasteiger partial charge in [-0.2, -0.15) is 0 Å². The molecular weight excluding hydrogens is 248 g/mol. The summed E-state index contributed by atoms with van der Waals surface area (Å²) in [5.74, 6) is 1.24. The number of hydrogen-bond acceptors (Lipinski definition) is 2. The lowest BCUT2D eigenvalue weighted by atomic mass is 9.90. The van der Waals surface area contributed by atoms with Crippen LogP contribution in [0.4, 0.5) is 0 Å². The summed E-state index contributed by atoms with van der Waals surface area (Å²) < 4.78 is 4.83. The quantitative estimate of drug-likeness (QED) is 0.692. The minimum Gasteiger partial charge on any atom is -0.469 e. The number of esters is 1. The number of carbonyl (C=O) groups is 1. The van der Waals surface area contributed by atoms with E-state index in [0.29, 0.717) is 11.8 Å². The molecular formula is C18H26O2. The molecule has 20 heavy (non-hydrogen) atoms. The minimum absolute atomic E-state index is 0.0249. The van der Waals surface area contributed by atoms with Crippen molar-refractivity contribution in [2.24, 2.45) is 11.8 Å². The first-order chi connectivity index (χ1) is 9.69. The van der Waals surface area contributed by atoms with Gasteiger partial charge < -0.3 is 4.74 Å². The van der Waals surface area contributed by atoms with Gasteiger partial charge in [0.25, 0.3) is 0 Å². The second kappa shape index (κ2) is 6.92. The van der Waals surface area contributed by atoms with E-state index < -0.39 is 0 Å². The van der Waals surface area contributed by atoms with E-state index in [9.17, 15) is 4.79 Å². The van der Waals surface area contributed by atoms with Crippen LogP contribution in [0.2, 0.25) is 0 Å². The van der Waals surface area contributed by atoms with Crippen molar-refractivity contribution in [2.75, 3.05) is 7.11 Å². The third-order valence-corrected chi connectivity index (χ3v) is 4.50. The van der Waals surface area contributed by atoms with E-state index in [2.05, 4.69) is 38.1 Å². The van der Waals surface area contributed by atoms with E-state index >= 15 is 0 Å². The molecule has 0 heterocycles. The molecule has 1 aromatic rings. The van der Waals surface area contributed by atoms with Gasteiger partial charge >= 0.3 is 5.97 Å². The maximum Gasteiger partial charge on any atom is 0.308 e. The Balaban J connectivity index is 1.93. The molecule has 0 saturated heterocycles. The molecule has 1 aliphatic carbocycles. The molecule has 0 spiro atoms. The predicted molar refractivity (Wildman–Crippen MR) is 81.7 cm³/mol. The number of aryl methyl sites for hydroxylation is 1. The summed E-state index contributed by atoms with van der Waals surface area (Å²) in [6, 6.07) is 9.06. The number of carbonyl (C=O) groups excluding carboxylic acids is 1. The third-order valence-electron chi connectivity index (χ3n) is 4.50. The average Bonchev–Trinajstić information content (AvgIpc) is 3.24. The van der Waals surface area contributed by atoms with Gasteiger partial charge in [-0.1, -0.05) is 44.5 Å². The number of benzene rings is 1. The van der Waals surface area contributed by atoms with Crippen LogP contribution in [0, 0.1) is 11.8 Å². The van der Waals surface area contributed by atoms with E-state index in [0.717, 1.165) is 25.7 Å². The molecule has 0 radical (unpaired) electrons. The van der Waals surface area contributed by atoms with E-state index in [1.807, 2.05) is 0 Å². The van der Waals surface area contributed by atoms with Gasteiger partial charge in [-0.3, -0.25) is 4.79 Å². The molecule has 0 N–H and O–H groups in total. The molecule has 1 aliphatic rings. The monoisotopic (exact) mass is 274 g/mol. The molecule has 110 valence electrons. The molecule has 2 heteroatoms. The highest BCUT2D eigenvalue weighted by Gasteiger charge is 2.44. The van der Waals surface area contributed by atoms with Crippen molar-refractivity contribution >= 4 is 5.97 Å². The lowest BCUT2D eigenvalue weighted by Gasteiger charge is -2.15. The largest absolute Gasteiger partial charge is 0.469 e. The van der Waals surface area contributed by atoms with E-state index in [1.165, 1.54) is 24.7 Å². The van der Waals surface area contributed by atoms with Crippen LogP contribution in [0.3, 0.4) is 0 Å². The van der Waals surface area contributed by atoms with Crippen LogP contribution in [0.15, 0.2) is 24.3 Å². The second-order valence-electron chi connectivity index (χ2n) is 5.96. The van der Waals surface area contributed by atoms with Crippen LogP contribution in [0.25, 0.3) is 0 Å². The highest BCUT2D eigenvalue weighted by Crippen LogP contribution is 2.46. The van der Waals surface area contributed by atoms with Crippen LogP contribution in [-0.2, 0) is 16.0 Å². The molecule has 1 saturated carbocycles. The second-order valence-corrected chi connectivity index (χ2v) is 5.96. The maximum absolute atomic E-state index is 11.5. The van der Waals surface area contributed by atoms with Crippen LogP contribution >= 0.6 is 0 Å². The predicted octanol–water partition coefficient (Wildman–Crippen LogP) is 4.33. The molecule has 2 rings (SSSR count). The Kier molecular flexibility index (Phi) is 5.22. The Labute approximate surface area is 122 Å². The Morgan fingerprint density at radius 3 is 2.55 bits per heavy atom. The SMILES string of the molecule is CCCc1ccc(C(CC)CC2CC2C(=O)OC)cc1. The lowest BCUT2D eigenvalue weighted by Crippen LogP contribution is -2.06. The van der Waals surface area contributed by atoms with Gasteiger partial charge in [0.1, 0.15) is 0 Å². The minimum atomic E-state index is -0.0249. The zero-order valence-electron chi connectivity index (χ0n) is 12.9. The topological polar surface area (TPSA) is 26.3 Å². The van der Waals surface area contributed by atoms with Gasteiger partial charge in [-0.25, -0.2) is 0 Å². The van der Waals surface area contributed by atoms with Crippen molar-refractivity contribution in [3.8, 4) is 0 Å². The Hall–Kier alpha value is -1.31. The van der Waals surface area contributed by atoms with Gasteiger partial charge in [0.15, 0.2) is 0 Å². The Morgan fingerprint density at radius 2 is 2.00 bits per heavy atom. The molecule has 2 nitrogen and oxygen atoms in total. The number of hydrogen-bond donors (Lipinski definition) is 0. The normalized spacial score (nSPS) is 22.4. The summed E-state index contributed by atoms with van der Waals surface area (Å²) >= 11 is 0. The summed E-state index contributed by atoms with van der Waals surface area (Å²) in [6.45, 7) is 4.45. The maximum atomic E-state index is 11.5. The molecule has 1 fully saturated rings. The van der Waals surface area contributed by atoms with Gasteiger partial charge in [0.2, 0.25) is 0 Å². The van der Waals surface area contributed by atoms with Crippen LogP contribution in [0.1, 0.15) is 56.6 Å². The Bertz CT molecular complexity index is 435. The van der Waals surface area contributed by atoms with Crippen molar-refractivity contribution in [1.82, 2.24) is 0 Å². The van der Waals surface area contributed by atoms with Gasteiger partial charge in [0, 0.05) is 0 Å². The van der Waals surface area contributed by atoms with Crippen LogP contribution < -0.4 is 0 Å². The van der Waals surface area contributed by atoms with E-state index in [1.54, 1.807) is 0 Å². The first kappa shape index (κ1) is 15.1. The molecule has 0 bridgehead atoms. The van der Waals surface area contributed by atoms with E-state index in [4.69, 9.17) is 4.74 Å². The lowest BCUT2D eigenvalue weighted by molar-refractivity contribution is -0.142. The Morgan fingerprint density at radius 1 is 1.30 bits per heavy atom. The molecule has 0 aromatic heterocycles. The van der Waals surface area contributed by atoms with Crippen molar-refractivity contribution in [3.63, 3.8) is 0 Å². The zero-order chi connectivity index (χ0) is 14.5. The van der Waals surface area contributed by atoms with Crippen molar-refractivity contribution in [3.05, 3.63) is 35.4 Å². The van der Waals surface area contributed by atoms with Crippen LogP contribution in [-0.4, -0.2) is 13.1 Å². The summed E-state index contributed by atoms with van der Waals surface area (Å²) in [5, 5.41) is 0. The molecule has 3 atom stereocenters. The zero-order valence-corrected chi connectivity index (χ0v) is 12.9. The first-order valence-electron chi connectivity index (χ1n) is 7.86. The number of rotatable bonds is 7. The summed E-state index contributed by atoms with van der Waals surface area (Å²) in [7, 11) is 1.49. The molecule has 3 unspecified atom stereocenters. The third kappa shape index (κ3) is 3.62. The fourth-order valence-electron chi connectivity index (χ4n) is 3.10. The van der Waals surface area contributed by atoms with Gasteiger partial charge in [-0.15, -0.1) is 0 Å². The van der Waals surface area contributed by atoms with Gasteiger partial charge in [0.05, 0.1) is 13.0 Å². The average molecular weight is 274 g/mol. The summed E-state index contributed by atoms with van der Waals surface area (Å²) in [6.07, 6.45) is 5.61. The van der Waals surface area contributed by atoms with Gasteiger partial charge in [-0.05, 0) is 48.6 Å². The fraction of sp³-hybridized carbons (Fsp3) is 0.611. The smallest absolute Gasteiger partial charge is 0.308 e. The van der Waals surface area contributed by atoms with Crippen LogP contribution in [0.5, 0.6) is 0 Å². The summed E-state index contributed by atoms with van der Waals surface area (Å²) in [5.41, 5.74) is 2.84. The molecule has 0 amide bonds. The van der Waals surface area contributed by atoms with Crippen molar-refractivity contribution in [1.29, 1.82) is 0 Å². The molecule has 0 aliphatic heterocycles. The highest BCUT2D eigenvalue weighted by atomic mass is 16.5. The molecule has 1 aromatic carbocycles. The summed E-state index contributed by atoms with van der Waals surface area (Å²) in [4.78, 5) is 11.5.